The Balaban J connectivity index is 0.000000277. The number of carboxylic acids is 1. The van der Waals surface area contributed by atoms with E-state index in [1.165, 1.54) is 19.2 Å². The lowest BCUT2D eigenvalue weighted by Gasteiger charge is -2.24. The summed E-state index contributed by atoms with van der Waals surface area (Å²) in [5.41, 5.74) is 8.23. The molecule has 0 aliphatic rings. The third-order valence-corrected chi connectivity index (χ3v) is 13.1. The number of halogens is 2. The molecule has 2 atom stereocenters. The van der Waals surface area contributed by atoms with E-state index in [9.17, 15) is 23.5 Å². The molecule has 402 valence electrons. The van der Waals surface area contributed by atoms with Crippen LogP contribution in [-0.4, -0.2) is 65.8 Å². The van der Waals surface area contributed by atoms with Gasteiger partial charge in [-0.3, -0.25) is 9.59 Å². The average molecular weight is 1030 g/mol. The number of hydrogen-bond acceptors (Lipinski definition) is 9. The summed E-state index contributed by atoms with van der Waals surface area (Å²) >= 11 is 0. The van der Waals surface area contributed by atoms with Crippen molar-refractivity contribution in [2.24, 2.45) is 0 Å². The molecule has 0 aromatic heterocycles. The lowest BCUT2D eigenvalue weighted by atomic mass is 9.81. The van der Waals surface area contributed by atoms with E-state index in [1.807, 2.05) is 84.9 Å². The van der Waals surface area contributed by atoms with Gasteiger partial charge in [0.15, 0.2) is 0 Å². The van der Waals surface area contributed by atoms with Gasteiger partial charge in [-0.1, -0.05) is 90.1 Å². The minimum atomic E-state index is -0.815. The lowest BCUT2D eigenvalue weighted by molar-refractivity contribution is -0.141. The lowest BCUT2D eigenvalue weighted by Crippen LogP contribution is -2.13. The van der Waals surface area contributed by atoms with Gasteiger partial charge in [-0.05, 0) is 166 Å². The molecule has 0 bridgehead atoms. The standard InChI is InChI=1S/C32H39FO5.C31H37FO5/c1-32(2,3)29-15-9-22(18-27(29)28-20-26(36-5)14-16-30(28)33)21-38-25-12-10-23(11-13-25)24(8-7-17-35-4)19-31(34)37-6;1-31(2,3)28-14-8-21(17-26(28)27-19-25(36-5)13-15-29(27)32)20-37-24-11-9-22(10-12-24)23(18-30(33)34)7-6-16-35-4/h9-16,18,20,24H,7-8,17,19,21H2,1-6H3;8-15,17,19,23H,6-7,16,18,20H2,1-5H3,(H,33,34)/t24-;23-/m11/s1. The van der Waals surface area contributed by atoms with Crippen molar-refractivity contribution in [3.05, 3.63) is 166 Å². The summed E-state index contributed by atoms with van der Waals surface area (Å²) in [5, 5.41) is 9.30. The molecule has 10 nitrogen and oxygen atoms in total. The predicted octanol–water partition coefficient (Wildman–Crippen LogP) is 14.8. The topological polar surface area (TPSA) is 119 Å². The van der Waals surface area contributed by atoms with Crippen molar-refractivity contribution < 1.29 is 56.6 Å². The minimum absolute atomic E-state index is 0.0527. The molecule has 0 aliphatic carbocycles. The van der Waals surface area contributed by atoms with Crippen LogP contribution in [0.5, 0.6) is 23.0 Å². The van der Waals surface area contributed by atoms with Crippen LogP contribution in [0, 0.1) is 11.6 Å². The molecule has 0 heterocycles. The van der Waals surface area contributed by atoms with Gasteiger partial charge >= 0.3 is 11.9 Å². The number of hydrogen-bond donors (Lipinski definition) is 1. The molecule has 1 N–H and O–H groups in total. The summed E-state index contributed by atoms with van der Waals surface area (Å²) in [7, 11) is 7.88. The third-order valence-electron chi connectivity index (χ3n) is 13.1. The second kappa shape index (κ2) is 28.2. The van der Waals surface area contributed by atoms with Crippen molar-refractivity contribution in [1.82, 2.24) is 0 Å². The normalized spacial score (nSPS) is 12.2. The zero-order valence-corrected chi connectivity index (χ0v) is 45.7. The highest BCUT2D eigenvalue weighted by atomic mass is 19.1. The first-order chi connectivity index (χ1) is 35.8. The monoisotopic (exact) mass is 1030 g/mol. The Morgan fingerprint density at radius 3 is 1.23 bits per heavy atom. The minimum Gasteiger partial charge on any atom is -0.497 e. The molecule has 0 unspecified atom stereocenters. The van der Waals surface area contributed by atoms with E-state index >= 15 is 0 Å². The number of rotatable bonds is 24. The van der Waals surface area contributed by atoms with E-state index in [0.717, 1.165) is 75.9 Å². The molecule has 6 rings (SSSR count). The van der Waals surface area contributed by atoms with E-state index < -0.39 is 5.97 Å². The second-order valence-corrected chi connectivity index (χ2v) is 20.7. The van der Waals surface area contributed by atoms with Crippen molar-refractivity contribution in [2.45, 2.75) is 116 Å². The van der Waals surface area contributed by atoms with Gasteiger partial charge in [-0.2, -0.15) is 0 Å². The maximum atomic E-state index is 14.9. The average Bonchev–Trinajstić information content (AvgIpc) is 3.39. The van der Waals surface area contributed by atoms with E-state index in [0.29, 0.717) is 61.2 Å². The molecular weight excluding hydrogens is 955 g/mol. The van der Waals surface area contributed by atoms with Crippen molar-refractivity contribution in [3.63, 3.8) is 0 Å². The molecular formula is C63H76F2O10. The maximum absolute atomic E-state index is 14.9. The highest BCUT2D eigenvalue weighted by Crippen LogP contribution is 2.39. The Hall–Kier alpha value is -6.76. The Bertz CT molecular complexity index is 2760. The molecule has 0 saturated carbocycles. The van der Waals surface area contributed by atoms with E-state index in [4.69, 9.17) is 33.2 Å². The molecule has 6 aromatic carbocycles. The van der Waals surface area contributed by atoms with Crippen molar-refractivity contribution in [1.29, 1.82) is 0 Å². The van der Waals surface area contributed by atoms with Crippen LogP contribution in [0.2, 0.25) is 0 Å². The van der Waals surface area contributed by atoms with Gasteiger partial charge in [-0.25, -0.2) is 8.78 Å². The first-order valence-corrected chi connectivity index (χ1v) is 25.4. The Labute approximate surface area is 443 Å². The van der Waals surface area contributed by atoms with Gasteiger partial charge < -0.3 is 38.3 Å². The first-order valence-electron chi connectivity index (χ1n) is 25.4. The van der Waals surface area contributed by atoms with Gasteiger partial charge in [0.1, 0.15) is 47.8 Å². The van der Waals surface area contributed by atoms with Crippen molar-refractivity contribution in [2.75, 3.05) is 48.8 Å². The zero-order valence-electron chi connectivity index (χ0n) is 45.7. The Kier molecular flexibility index (Phi) is 22.2. The van der Waals surface area contributed by atoms with Gasteiger partial charge in [0.2, 0.25) is 0 Å². The number of carbonyl (C=O) groups excluding carboxylic acids is 1. The number of carboxylic acid groups (broad SMARTS) is 1. The maximum Gasteiger partial charge on any atom is 0.306 e. The number of esters is 1. The van der Waals surface area contributed by atoms with Gasteiger partial charge in [-0.15, -0.1) is 0 Å². The summed E-state index contributed by atoms with van der Waals surface area (Å²) in [5.74, 6) is 0.944. The van der Waals surface area contributed by atoms with E-state index in [2.05, 4.69) is 41.5 Å². The smallest absolute Gasteiger partial charge is 0.306 e. The second-order valence-electron chi connectivity index (χ2n) is 20.7. The van der Waals surface area contributed by atoms with Crippen LogP contribution < -0.4 is 18.9 Å². The van der Waals surface area contributed by atoms with Crippen molar-refractivity contribution in [3.8, 4) is 45.3 Å². The van der Waals surface area contributed by atoms with Crippen molar-refractivity contribution >= 4 is 11.9 Å². The molecule has 6 aromatic rings. The van der Waals surface area contributed by atoms with Gasteiger partial charge in [0.05, 0.1) is 34.2 Å². The molecule has 0 fully saturated rings. The predicted molar refractivity (Wildman–Crippen MR) is 292 cm³/mol. The number of benzene rings is 6. The van der Waals surface area contributed by atoms with E-state index in [-0.39, 0.29) is 46.7 Å². The number of methoxy groups -OCH3 is 5. The van der Waals surface area contributed by atoms with Crippen LogP contribution in [0.1, 0.15) is 125 Å². The van der Waals surface area contributed by atoms with E-state index in [1.54, 1.807) is 52.7 Å². The molecule has 75 heavy (non-hydrogen) atoms. The van der Waals surface area contributed by atoms with Crippen LogP contribution >= 0.6 is 0 Å². The van der Waals surface area contributed by atoms with Gasteiger partial charge in [0.25, 0.3) is 0 Å². The summed E-state index contributed by atoms with van der Waals surface area (Å²) < 4.78 is 67.8. The molecule has 0 amide bonds. The van der Waals surface area contributed by atoms with Crippen LogP contribution in [0.25, 0.3) is 22.3 Å². The fourth-order valence-electron chi connectivity index (χ4n) is 9.01. The molecule has 0 spiro atoms. The van der Waals surface area contributed by atoms with Crippen LogP contribution in [0.15, 0.2) is 121 Å². The fraction of sp³-hybridized carbons (Fsp3) is 0.397. The van der Waals surface area contributed by atoms with Gasteiger partial charge in [0, 0.05) is 38.6 Å². The zero-order chi connectivity index (χ0) is 54.7. The molecule has 0 aliphatic heterocycles. The largest absolute Gasteiger partial charge is 0.497 e. The van der Waals surface area contributed by atoms with Crippen LogP contribution in [-0.2, 0) is 47.8 Å². The van der Waals surface area contributed by atoms with Crippen LogP contribution in [0.4, 0.5) is 8.78 Å². The summed E-state index contributed by atoms with van der Waals surface area (Å²) in [6.07, 6.45) is 3.62. The highest BCUT2D eigenvalue weighted by molar-refractivity contribution is 5.73. The SMILES string of the molecule is COCCC[C@H](CC(=O)O)c1ccc(OCc2ccc(C(C)(C)C)c(-c3cc(OC)ccc3F)c2)cc1.COCCC[C@H](CC(=O)OC)c1ccc(OCc2ccc(C(C)(C)C)c(-c3cc(OC)ccc3F)c2)cc1. The summed E-state index contributed by atoms with van der Waals surface area (Å²) in [6.45, 7) is 14.6. The number of aliphatic carboxylic acids is 1. The molecule has 0 radical (unpaired) electrons. The summed E-state index contributed by atoms with van der Waals surface area (Å²) in [6, 6.07) is 37.1. The first kappa shape index (κ1) is 59.1. The molecule has 12 heteroatoms. The Morgan fingerprint density at radius 2 is 0.880 bits per heavy atom. The summed E-state index contributed by atoms with van der Waals surface area (Å²) in [4.78, 5) is 23.2. The highest BCUT2D eigenvalue weighted by Gasteiger charge is 2.24. The third kappa shape index (κ3) is 17.7. The number of ether oxygens (including phenoxy) is 7. The quantitative estimate of drug-likeness (QED) is 0.0464. The number of carbonyl (C=O) groups is 2. The fourth-order valence-corrected chi connectivity index (χ4v) is 9.01. The Morgan fingerprint density at radius 1 is 0.493 bits per heavy atom. The van der Waals surface area contributed by atoms with Crippen LogP contribution in [0.3, 0.4) is 0 Å². The molecule has 0 saturated heterocycles.